The number of aldehydes is 1. The van der Waals surface area contributed by atoms with Gasteiger partial charge in [0.15, 0.2) is 11.6 Å². The van der Waals surface area contributed by atoms with E-state index in [9.17, 15) is 14.0 Å². The van der Waals surface area contributed by atoms with Crippen molar-refractivity contribution in [1.82, 2.24) is 5.32 Å². The summed E-state index contributed by atoms with van der Waals surface area (Å²) in [5, 5.41) is 2.51. The predicted molar refractivity (Wildman–Crippen MR) is 85.2 cm³/mol. The van der Waals surface area contributed by atoms with Gasteiger partial charge in [-0.2, -0.15) is 0 Å². The molecule has 1 aliphatic rings. The number of methoxy groups -OCH3 is 1. The standard InChI is InChI=1S/C16H22FN3O3/c1-19-16(22)12(4-3-7-21)11-5-6-13(15(23-2)14(11)17)20-8-10(18)9-20/h5-7,10,12H,3-4,8-9,18H2,1-2H3,(H,19,22). The third-order valence-corrected chi connectivity index (χ3v) is 4.07. The largest absolute Gasteiger partial charge is 0.492 e. The molecule has 0 saturated carbocycles. The molecule has 0 aliphatic carbocycles. The number of carbonyl (C=O) groups is 2. The van der Waals surface area contributed by atoms with Crippen molar-refractivity contribution < 1.29 is 18.7 Å². The molecule has 126 valence electrons. The molecule has 1 aromatic carbocycles. The number of hydrogen-bond acceptors (Lipinski definition) is 5. The summed E-state index contributed by atoms with van der Waals surface area (Å²) in [6.07, 6.45) is 1.15. The van der Waals surface area contributed by atoms with E-state index in [1.54, 1.807) is 12.1 Å². The summed E-state index contributed by atoms with van der Waals surface area (Å²) in [6.45, 7) is 1.28. The molecule has 0 bridgehead atoms. The Kier molecular flexibility index (Phi) is 5.54. The number of likely N-dealkylation sites (N-methyl/N-ethyl adjacent to an activating group) is 1. The number of halogens is 1. The van der Waals surface area contributed by atoms with Gasteiger partial charge in [-0.1, -0.05) is 6.07 Å². The molecule has 1 aromatic rings. The molecule has 1 saturated heterocycles. The molecule has 0 spiro atoms. The predicted octanol–water partition coefficient (Wildman–Crippen LogP) is 0.790. The topological polar surface area (TPSA) is 84.7 Å². The maximum Gasteiger partial charge on any atom is 0.227 e. The third-order valence-electron chi connectivity index (χ3n) is 4.07. The maximum atomic E-state index is 14.9. The first-order valence-electron chi connectivity index (χ1n) is 7.55. The van der Waals surface area contributed by atoms with Crippen LogP contribution in [0.15, 0.2) is 12.1 Å². The Bertz CT molecular complexity index is 588. The van der Waals surface area contributed by atoms with Crippen LogP contribution in [-0.4, -0.2) is 45.5 Å². The SMILES string of the molecule is CNC(=O)C(CCC=O)c1ccc(N2CC(N)C2)c(OC)c1F. The van der Waals surface area contributed by atoms with E-state index in [1.165, 1.54) is 14.2 Å². The van der Waals surface area contributed by atoms with Crippen LogP contribution in [0.4, 0.5) is 10.1 Å². The van der Waals surface area contributed by atoms with Gasteiger partial charge >= 0.3 is 0 Å². The molecule has 1 fully saturated rings. The minimum atomic E-state index is -0.730. The van der Waals surface area contributed by atoms with Gasteiger partial charge in [-0.3, -0.25) is 4.79 Å². The summed E-state index contributed by atoms with van der Waals surface area (Å²) in [6, 6.07) is 3.40. The summed E-state index contributed by atoms with van der Waals surface area (Å²) in [4.78, 5) is 24.6. The Morgan fingerprint density at radius 2 is 2.26 bits per heavy atom. The zero-order chi connectivity index (χ0) is 17.0. The van der Waals surface area contributed by atoms with Gasteiger partial charge in [0.25, 0.3) is 0 Å². The summed E-state index contributed by atoms with van der Waals surface area (Å²) < 4.78 is 20.1. The highest BCUT2D eigenvalue weighted by Crippen LogP contribution is 2.38. The van der Waals surface area contributed by atoms with Crippen molar-refractivity contribution in [3.05, 3.63) is 23.5 Å². The van der Waals surface area contributed by atoms with Crippen LogP contribution >= 0.6 is 0 Å². The highest BCUT2D eigenvalue weighted by atomic mass is 19.1. The maximum absolute atomic E-state index is 14.9. The van der Waals surface area contributed by atoms with Crippen molar-refractivity contribution in [1.29, 1.82) is 0 Å². The normalized spacial score (nSPS) is 15.7. The van der Waals surface area contributed by atoms with Crippen molar-refractivity contribution in [3.8, 4) is 5.75 Å². The molecule has 0 aromatic heterocycles. The van der Waals surface area contributed by atoms with E-state index >= 15 is 0 Å². The minimum absolute atomic E-state index is 0.0775. The van der Waals surface area contributed by atoms with Gasteiger partial charge in [0.05, 0.1) is 18.7 Å². The fourth-order valence-electron chi connectivity index (χ4n) is 2.82. The van der Waals surface area contributed by atoms with E-state index in [1.807, 2.05) is 4.90 Å². The molecule has 1 aliphatic heterocycles. The Balaban J connectivity index is 2.37. The first kappa shape index (κ1) is 17.2. The molecule has 1 unspecified atom stereocenters. The molecule has 3 N–H and O–H groups in total. The summed E-state index contributed by atoms with van der Waals surface area (Å²) >= 11 is 0. The molecule has 1 heterocycles. The van der Waals surface area contributed by atoms with Crippen LogP contribution in [-0.2, 0) is 9.59 Å². The molecule has 23 heavy (non-hydrogen) atoms. The zero-order valence-electron chi connectivity index (χ0n) is 13.3. The van der Waals surface area contributed by atoms with E-state index < -0.39 is 11.7 Å². The highest BCUT2D eigenvalue weighted by Gasteiger charge is 2.30. The fourth-order valence-corrected chi connectivity index (χ4v) is 2.82. The lowest BCUT2D eigenvalue weighted by molar-refractivity contribution is -0.122. The Labute approximate surface area is 134 Å². The number of benzene rings is 1. The van der Waals surface area contributed by atoms with Crippen LogP contribution < -0.4 is 20.7 Å². The smallest absolute Gasteiger partial charge is 0.227 e. The lowest BCUT2D eigenvalue weighted by atomic mass is 9.92. The lowest BCUT2D eigenvalue weighted by Gasteiger charge is -2.39. The molecule has 6 nitrogen and oxygen atoms in total. The van der Waals surface area contributed by atoms with E-state index in [2.05, 4.69) is 5.32 Å². The monoisotopic (exact) mass is 323 g/mol. The van der Waals surface area contributed by atoms with Gasteiger partial charge in [0, 0.05) is 38.2 Å². The van der Waals surface area contributed by atoms with E-state index in [0.717, 1.165) is 6.29 Å². The van der Waals surface area contributed by atoms with Crippen LogP contribution in [0.2, 0.25) is 0 Å². The molecule has 1 amide bonds. The number of rotatable bonds is 7. The molecule has 1 atom stereocenters. The summed E-state index contributed by atoms with van der Waals surface area (Å²) in [7, 11) is 2.88. The van der Waals surface area contributed by atoms with Gasteiger partial charge < -0.3 is 25.5 Å². The van der Waals surface area contributed by atoms with Crippen LogP contribution in [0.25, 0.3) is 0 Å². The number of nitrogens with two attached hydrogens (primary N) is 1. The highest BCUT2D eigenvalue weighted by molar-refractivity contribution is 5.84. The third kappa shape index (κ3) is 3.44. The summed E-state index contributed by atoms with van der Waals surface area (Å²) in [5.74, 6) is -1.52. The molecular formula is C16H22FN3O3. The number of carbonyl (C=O) groups excluding carboxylic acids is 2. The van der Waals surface area contributed by atoms with Gasteiger partial charge in [0.1, 0.15) is 6.29 Å². The van der Waals surface area contributed by atoms with Gasteiger partial charge in [-0.15, -0.1) is 0 Å². The number of hydrogen-bond donors (Lipinski definition) is 2. The van der Waals surface area contributed by atoms with Crippen LogP contribution in [0.3, 0.4) is 0 Å². The van der Waals surface area contributed by atoms with Crippen molar-refractivity contribution in [2.24, 2.45) is 5.73 Å². The Morgan fingerprint density at radius 3 is 2.78 bits per heavy atom. The van der Waals surface area contributed by atoms with Crippen molar-refractivity contribution >= 4 is 17.9 Å². The average molecular weight is 323 g/mol. The number of nitrogens with zero attached hydrogens (tertiary/aromatic N) is 1. The Morgan fingerprint density at radius 1 is 1.57 bits per heavy atom. The van der Waals surface area contributed by atoms with Crippen molar-refractivity contribution in [3.63, 3.8) is 0 Å². The van der Waals surface area contributed by atoms with Crippen LogP contribution in [0.5, 0.6) is 5.75 Å². The van der Waals surface area contributed by atoms with E-state index in [-0.39, 0.29) is 36.1 Å². The first-order chi connectivity index (χ1) is 11.0. The second kappa shape index (κ2) is 7.41. The van der Waals surface area contributed by atoms with Crippen molar-refractivity contribution in [2.45, 2.75) is 24.8 Å². The van der Waals surface area contributed by atoms with E-state index in [4.69, 9.17) is 10.5 Å². The van der Waals surface area contributed by atoms with Gasteiger partial charge in [-0.05, 0) is 12.5 Å². The number of amides is 1. The van der Waals surface area contributed by atoms with Crippen LogP contribution in [0, 0.1) is 5.82 Å². The van der Waals surface area contributed by atoms with Gasteiger partial charge in [0.2, 0.25) is 5.91 Å². The van der Waals surface area contributed by atoms with E-state index in [0.29, 0.717) is 18.8 Å². The second-order valence-corrected chi connectivity index (χ2v) is 5.60. The van der Waals surface area contributed by atoms with Gasteiger partial charge in [-0.25, -0.2) is 4.39 Å². The molecular weight excluding hydrogens is 301 g/mol. The molecule has 7 heteroatoms. The fraction of sp³-hybridized carbons (Fsp3) is 0.500. The first-order valence-corrected chi connectivity index (χ1v) is 7.55. The van der Waals surface area contributed by atoms with Crippen LogP contribution in [0.1, 0.15) is 24.3 Å². The van der Waals surface area contributed by atoms with Crippen molar-refractivity contribution in [2.75, 3.05) is 32.1 Å². The zero-order valence-corrected chi connectivity index (χ0v) is 13.3. The molecule has 2 rings (SSSR count). The lowest BCUT2D eigenvalue weighted by Crippen LogP contribution is -2.56. The quantitative estimate of drug-likeness (QED) is 0.725. The number of nitrogens with one attached hydrogen (secondary N) is 1. The minimum Gasteiger partial charge on any atom is -0.492 e. The number of ether oxygens (including phenoxy) is 1. The average Bonchev–Trinajstić information content (AvgIpc) is 2.52. The Hall–Kier alpha value is -2.15. The number of anilines is 1. The summed E-state index contributed by atoms with van der Waals surface area (Å²) in [5.41, 5.74) is 6.62. The molecule has 0 radical (unpaired) electrons. The second-order valence-electron chi connectivity index (χ2n) is 5.60.